The summed E-state index contributed by atoms with van der Waals surface area (Å²) in [5, 5.41) is 5.26. The zero-order chi connectivity index (χ0) is 16.8. The molecule has 4 rings (SSSR count). The molecule has 0 bridgehead atoms. The van der Waals surface area contributed by atoms with E-state index in [-0.39, 0.29) is 6.04 Å². The molecule has 0 saturated heterocycles. The first kappa shape index (κ1) is 16.1. The van der Waals surface area contributed by atoms with Crippen molar-refractivity contribution in [2.75, 3.05) is 5.32 Å². The highest BCUT2D eigenvalue weighted by Gasteiger charge is 2.39. The van der Waals surface area contributed by atoms with Crippen LogP contribution in [0.1, 0.15) is 54.8 Å². The van der Waals surface area contributed by atoms with Gasteiger partial charge in [-0.2, -0.15) is 0 Å². The van der Waals surface area contributed by atoms with E-state index in [1.807, 2.05) is 12.1 Å². The van der Waals surface area contributed by atoms with Gasteiger partial charge in [-0.25, -0.2) is 0 Å². The predicted molar refractivity (Wildman–Crippen MR) is 103 cm³/mol. The topological polar surface area (TPSA) is 12.0 Å². The highest BCUT2D eigenvalue weighted by molar-refractivity contribution is 6.35. The molecule has 124 valence electrons. The summed E-state index contributed by atoms with van der Waals surface area (Å²) in [6.45, 7) is 4.50. The largest absolute Gasteiger partial charge is 0.377 e. The van der Waals surface area contributed by atoms with E-state index in [2.05, 4.69) is 55.6 Å². The van der Waals surface area contributed by atoms with Gasteiger partial charge in [-0.3, -0.25) is 0 Å². The fourth-order valence-electron chi connectivity index (χ4n) is 4.19. The lowest BCUT2D eigenvalue weighted by molar-refractivity contribution is 0.424. The molecule has 1 aliphatic carbocycles. The SMILES string of the molecule is CC(C)c1cccc2c1N[C@H](c1ccc(Cl)cc1Cl)[C@H]1CC=C[C@@H]21. The molecule has 0 radical (unpaired) electrons. The van der Waals surface area contributed by atoms with E-state index in [0.717, 1.165) is 17.0 Å². The predicted octanol–water partition coefficient (Wildman–Crippen LogP) is 6.94. The highest BCUT2D eigenvalue weighted by atomic mass is 35.5. The summed E-state index contributed by atoms with van der Waals surface area (Å²) in [5.74, 6) is 1.44. The summed E-state index contributed by atoms with van der Waals surface area (Å²) in [5.41, 5.74) is 5.22. The van der Waals surface area contributed by atoms with Gasteiger partial charge in [-0.05, 0) is 47.1 Å². The number of hydrogen-bond donors (Lipinski definition) is 1. The summed E-state index contributed by atoms with van der Waals surface area (Å²) in [6.07, 6.45) is 5.75. The van der Waals surface area contributed by atoms with Gasteiger partial charge in [0.25, 0.3) is 0 Å². The number of fused-ring (bicyclic) bond motifs is 3. The number of para-hydroxylation sites is 1. The lowest BCUT2D eigenvalue weighted by Crippen LogP contribution is -2.30. The molecule has 3 heteroatoms. The summed E-state index contributed by atoms with van der Waals surface area (Å²) in [7, 11) is 0. The van der Waals surface area contributed by atoms with Crippen LogP contribution in [0.4, 0.5) is 5.69 Å². The van der Waals surface area contributed by atoms with E-state index in [1.165, 1.54) is 16.8 Å². The third kappa shape index (κ3) is 2.55. The molecule has 0 amide bonds. The van der Waals surface area contributed by atoms with Crippen molar-refractivity contribution >= 4 is 28.9 Å². The number of anilines is 1. The van der Waals surface area contributed by atoms with Crippen molar-refractivity contribution in [3.63, 3.8) is 0 Å². The van der Waals surface area contributed by atoms with Crippen molar-refractivity contribution in [1.82, 2.24) is 0 Å². The molecule has 2 aromatic rings. The first-order chi connectivity index (χ1) is 11.6. The van der Waals surface area contributed by atoms with Crippen molar-refractivity contribution in [2.45, 2.75) is 38.1 Å². The Morgan fingerprint density at radius 2 is 1.92 bits per heavy atom. The minimum atomic E-state index is 0.210. The second kappa shape index (κ2) is 6.13. The van der Waals surface area contributed by atoms with Gasteiger partial charge in [0.2, 0.25) is 0 Å². The van der Waals surface area contributed by atoms with Crippen molar-refractivity contribution in [2.24, 2.45) is 5.92 Å². The van der Waals surface area contributed by atoms with Crippen molar-refractivity contribution < 1.29 is 0 Å². The summed E-state index contributed by atoms with van der Waals surface area (Å²) >= 11 is 12.6. The second-order valence-electron chi connectivity index (χ2n) is 7.11. The molecule has 0 aromatic heterocycles. The molecule has 1 nitrogen and oxygen atoms in total. The van der Waals surface area contributed by atoms with Crippen LogP contribution in [0.3, 0.4) is 0 Å². The van der Waals surface area contributed by atoms with E-state index in [0.29, 0.717) is 22.8 Å². The molecule has 0 unspecified atom stereocenters. The van der Waals surface area contributed by atoms with Gasteiger partial charge in [0, 0.05) is 21.7 Å². The maximum absolute atomic E-state index is 6.54. The molecule has 3 atom stereocenters. The quantitative estimate of drug-likeness (QED) is 0.573. The van der Waals surface area contributed by atoms with Gasteiger partial charge in [-0.1, -0.05) is 73.5 Å². The van der Waals surface area contributed by atoms with Gasteiger partial charge in [-0.15, -0.1) is 0 Å². The Kier molecular flexibility index (Phi) is 4.10. The van der Waals surface area contributed by atoms with E-state index in [4.69, 9.17) is 23.2 Å². The average Bonchev–Trinajstić information content (AvgIpc) is 3.03. The lowest BCUT2D eigenvalue weighted by Gasteiger charge is -2.39. The lowest BCUT2D eigenvalue weighted by atomic mass is 9.75. The number of allylic oxidation sites excluding steroid dienone is 2. The van der Waals surface area contributed by atoms with E-state index in [1.54, 1.807) is 0 Å². The van der Waals surface area contributed by atoms with Crippen LogP contribution in [-0.2, 0) is 0 Å². The van der Waals surface area contributed by atoms with Crippen molar-refractivity contribution in [3.05, 3.63) is 75.3 Å². The highest BCUT2D eigenvalue weighted by Crippen LogP contribution is 2.52. The standard InChI is InChI=1S/C21H21Cl2N/c1-12(2)14-5-3-7-16-15-6-4-8-17(15)21(24-20(14)16)18-10-9-13(22)11-19(18)23/h3-7,9-12,15,17,21,24H,8H2,1-2H3/t15-,17-,21-/m0/s1. The molecule has 1 N–H and O–H groups in total. The number of benzene rings is 2. The summed E-state index contributed by atoms with van der Waals surface area (Å²) < 4.78 is 0. The summed E-state index contributed by atoms with van der Waals surface area (Å²) in [6, 6.07) is 12.8. The fraction of sp³-hybridized carbons (Fsp3) is 0.333. The number of rotatable bonds is 2. The minimum absolute atomic E-state index is 0.210. The average molecular weight is 358 g/mol. The number of halogens is 2. The third-order valence-electron chi connectivity index (χ3n) is 5.35. The maximum atomic E-state index is 6.54. The van der Waals surface area contributed by atoms with Gasteiger partial charge >= 0.3 is 0 Å². The summed E-state index contributed by atoms with van der Waals surface area (Å²) in [4.78, 5) is 0. The van der Waals surface area contributed by atoms with Crippen molar-refractivity contribution in [3.8, 4) is 0 Å². The Morgan fingerprint density at radius 3 is 2.67 bits per heavy atom. The van der Waals surface area contributed by atoms with Crippen LogP contribution in [-0.4, -0.2) is 0 Å². The van der Waals surface area contributed by atoms with E-state index < -0.39 is 0 Å². The first-order valence-corrected chi connectivity index (χ1v) is 9.33. The van der Waals surface area contributed by atoms with Crippen LogP contribution in [0.5, 0.6) is 0 Å². The Balaban J connectivity index is 1.84. The normalized spacial score (nSPS) is 24.6. The second-order valence-corrected chi connectivity index (χ2v) is 7.95. The number of nitrogens with one attached hydrogen (secondary N) is 1. The first-order valence-electron chi connectivity index (χ1n) is 8.57. The zero-order valence-electron chi connectivity index (χ0n) is 13.9. The van der Waals surface area contributed by atoms with Gasteiger partial charge in [0.05, 0.1) is 6.04 Å². The van der Waals surface area contributed by atoms with Crippen LogP contribution in [0.2, 0.25) is 10.0 Å². The van der Waals surface area contributed by atoms with Crippen LogP contribution in [0.25, 0.3) is 0 Å². The fourth-order valence-corrected chi connectivity index (χ4v) is 4.71. The Labute approximate surface area is 153 Å². The van der Waals surface area contributed by atoms with Crippen LogP contribution < -0.4 is 5.32 Å². The molecule has 24 heavy (non-hydrogen) atoms. The molecular weight excluding hydrogens is 337 g/mol. The van der Waals surface area contributed by atoms with Crippen LogP contribution in [0.15, 0.2) is 48.6 Å². The molecule has 2 aliphatic rings. The molecule has 0 fully saturated rings. The van der Waals surface area contributed by atoms with E-state index in [9.17, 15) is 0 Å². The Morgan fingerprint density at radius 1 is 1.08 bits per heavy atom. The molecule has 0 spiro atoms. The molecule has 0 saturated carbocycles. The molecule has 1 aliphatic heterocycles. The van der Waals surface area contributed by atoms with Crippen LogP contribution in [0, 0.1) is 5.92 Å². The minimum Gasteiger partial charge on any atom is -0.377 e. The number of hydrogen-bond acceptors (Lipinski definition) is 1. The zero-order valence-corrected chi connectivity index (χ0v) is 15.4. The Bertz CT molecular complexity index is 809. The Hall–Kier alpha value is -1.44. The molecule has 1 heterocycles. The molecule has 2 aromatic carbocycles. The smallest absolute Gasteiger partial charge is 0.0568 e. The third-order valence-corrected chi connectivity index (χ3v) is 5.91. The van der Waals surface area contributed by atoms with Gasteiger partial charge in [0.15, 0.2) is 0 Å². The van der Waals surface area contributed by atoms with Gasteiger partial charge in [0.1, 0.15) is 0 Å². The van der Waals surface area contributed by atoms with Gasteiger partial charge < -0.3 is 5.32 Å². The maximum Gasteiger partial charge on any atom is 0.0568 e. The van der Waals surface area contributed by atoms with Crippen LogP contribution >= 0.6 is 23.2 Å². The molecular formula is C21H21Cl2N. The monoisotopic (exact) mass is 357 g/mol. The van der Waals surface area contributed by atoms with E-state index >= 15 is 0 Å². The van der Waals surface area contributed by atoms with Crippen molar-refractivity contribution in [1.29, 1.82) is 0 Å².